The van der Waals surface area contributed by atoms with Crippen LogP contribution in [0, 0.1) is 0 Å². The van der Waals surface area contributed by atoms with Gasteiger partial charge in [-0.2, -0.15) is 0 Å². The molecule has 0 aliphatic rings. The van der Waals surface area contributed by atoms with Gasteiger partial charge in [-0.25, -0.2) is 4.79 Å². The van der Waals surface area contributed by atoms with Gasteiger partial charge in [0.25, 0.3) is 0 Å². The second-order valence-corrected chi connectivity index (χ2v) is 5.31. The smallest absolute Gasteiger partial charge is 0.330 e. The monoisotopic (exact) mass is 294 g/mol. The van der Waals surface area contributed by atoms with Crippen molar-refractivity contribution < 1.29 is 14.3 Å². The molecule has 0 aliphatic carbocycles. The van der Waals surface area contributed by atoms with Crippen molar-refractivity contribution in [2.45, 2.75) is 19.4 Å². The van der Waals surface area contributed by atoms with Crippen LogP contribution in [0.1, 0.15) is 19.4 Å². The van der Waals surface area contributed by atoms with E-state index in [-0.39, 0.29) is 5.97 Å². The summed E-state index contributed by atoms with van der Waals surface area (Å²) in [5.74, 6) is 0.439. The van der Waals surface area contributed by atoms with E-state index in [2.05, 4.69) is 10.2 Å². The van der Waals surface area contributed by atoms with E-state index in [1.54, 1.807) is 7.11 Å². The Hall–Kier alpha value is -1.59. The highest BCUT2D eigenvalue weighted by Gasteiger charge is 2.36. The number of nitrogens with zero attached hydrogens (tertiary/aromatic N) is 1. The van der Waals surface area contributed by atoms with Crippen LogP contribution in [0.4, 0.5) is 0 Å². The highest BCUT2D eigenvalue weighted by Crippen LogP contribution is 2.26. The second-order valence-electron chi connectivity index (χ2n) is 5.31. The zero-order chi connectivity index (χ0) is 15.9. The van der Waals surface area contributed by atoms with E-state index in [1.807, 2.05) is 52.2 Å². The summed E-state index contributed by atoms with van der Waals surface area (Å²) >= 11 is 0. The number of ether oxygens (including phenoxy) is 2. The average molecular weight is 294 g/mol. The lowest BCUT2D eigenvalue weighted by molar-refractivity contribution is -0.151. The molecule has 1 aromatic rings. The summed E-state index contributed by atoms with van der Waals surface area (Å²) in [7, 11) is 5.60. The van der Waals surface area contributed by atoms with Crippen LogP contribution in [0.5, 0.6) is 5.75 Å². The number of hydrogen-bond acceptors (Lipinski definition) is 5. The fourth-order valence-corrected chi connectivity index (χ4v) is 2.03. The Balaban J connectivity index is 3.01. The van der Waals surface area contributed by atoms with Crippen LogP contribution in [0.25, 0.3) is 0 Å². The summed E-state index contributed by atoms with van der Waals surface area (Å²) in [5, 5.41) is 3.31. The number of esters is 1. The van der Waals surface area contributed by atoms with Crippen molar-refractivity contribution in [2.75, 3.05) is 40.9 Å². The summed E-state index contributed by atoms with van der Waals surface area (Å²) in [6.07, 6.45) is 0. The average Bonchev–Trinajstić information content (AvgIpc) is 2.47. The number of carbonyl (C=O) groups is 1. The molecular formula is C16H26N2O3. The zero-order valence-corrected chi connectivity index (χ0v) is 13.6. The fraction of sp³-hybridized carbons (Fsp3) is 0.562. The molecule has 1 rings (SSSR count). The van der Waals surface area contributed by atoms with Crippen molar-refractivity contribution in [1.29, 1.82) is 0 Å². The van der Waals surface area contributed by atoms with Gasteiger partial charge in [0.15, 0.2) is 0 Å². The summed E-state index contributed by atoms with van der Waals surface area (Å²) < 4.78 is 10.5. The first-order valence-electron chi connectivity index (χ1n) is 7.15. The standard InChI is InChI=1S/C16H26N2O3/c1-6-21-15(19)16(2,17-10-11-18(3)4)13-8-7-9-14(12-13)20-5/h7-9,12,17H,6,10-11H2,1-5H3. The molecule has 1 atom stereocenters. The Kier molecular flexibility index (Phi) is 6.65. The molecule has 0 radical (unpaired) electrons. The van der Waals surface area contributed by atoms with Gasteiger partial charge in [-0.3, -0.25) is 5.32 Å². The highest BCUT2D eigenvalue weighted by molar-refractivity contribution is 5.82. The van der Waals surface area contributed by atoms with Crippen LogP contribution < -0.4 is 10.1 Å². The maximum atomic E-state index is 12.4. The third-order valence-corrected chi connectivity index (χ3v) is 3.37. The SMILES string of the molecule is CCOC(=O)C(C)(NCCN(C)C)c1cccc(OC)c1. The third kappa shape index (κ3) is 4.72. The van der Waals surface area contributed by atoms with E-state index in [1.165, 1.54) is 0 Å². The summed E-state index contributed by atoms with van der Waals surface area (Å²) in [6, 6.07) is 7.50. The van der Waals surface area contributed by atoms with Crippen LogP contribution in [-0.2, 0) is 15.1 Å². The summed E-state index contributed by atoms with van der Waals surface area (Å²) in [6.45, 7) is 5.52. The first-order valence-corrected chi connectivity index (χ1v) is 7.15. The summed E-state index contributed by atoms with van der Waals surface area (Å²) in [4.78, 5) is 14.5. The summed E-state index contributed by atoms with van der Waals surface area (Å²) in [5.41, 5.74) is -0.0559. The molecule has 5 heteroatoms. The van der Waals surface area contributed by atoms with Gasteiger partial charge in [0, 0.05) is 13.1 Å². The molecule has 1 unspecified atom stereocenters. The van der Waals surface area contributed by atoms with Crippen LogP contribution in [0.15, 0.2) is 24.3 Å². The van der Waals surface area contributed by atoms with E-state index in [0.29, 0.717) is 13.2 Å². The molecule has 0 aliphatic heterocycles. The maximum absolute atomic E-state index is 12.4. The molecule has 21 heavy (non-hydrogen) atoms. The topological polar surface area (TPSA) is 50.8 Å². The van der Waals surface area contributed by atoms with Gasteiger partial charge in [0.1, 0.15) is 11.3 Å². The Morgan fingerprint density at radius 1 is 1.38 bits per heavy atom. The Morgan fingerprint density at radius 2 is 2.10 bits per heavy atom. The van der Waals surface area contributed by atoms with Crippen LogP contribution >= 0.6 is 0 Å². The van der Waals surface area contributed by atoms with Crippen molar-refractivity contribution >= 4 is 5.97 Å². The molecule has 0 fully saturated rings. The second kappa shape index (κ2) is 8.00. The van der Waals surface area contributed by atoms with Crippen molar-refractivity contribution in [2.24, 2.45) is 0 Å². The number of carbonyl (C=O) groups excluding carboxylic acids is 1. The molecule has 118 valence electrons. The molecule has 0 amide bonds. The minimum Gasteiger partial charge on any atom is -0.497 e. The Morgan fingerprint density at radius 3 is 2.67 bits per heavy atom. The van der Waals surface area contributed by atoms with E-state index >= 15 is 0 Å². The van der Waals surface area contributed by atoms with Gasteiger partial charge in [-0.1, -0.05) is 12.1 Å². The van der Waals surface area contributed by atoms with E-state index < -0.39 is 5.54 Å². The quantitative estimate of drug-likeness (QED) is 0.739. The number of benzene rings is 1. The van der Waals surface area contributed by atoms with E-state index in [4.69, 9.17) is 9.47 Å². The van der Waals surface area contributed by atoms with Gasteiger partial charge in [-0.15, -0.1) is 0 Å². The Labute approximate surface area is 127 Å². The van der Waals surface area contributed by atoms with Gasteiger partial charge < -0.3 is 14.4 Å². The molecule has 0 aromatic heterocycles. The van der Waals surface area contributed by atoms with Gasteiger partial charge >= 0.3 is 5.97 Å². The van der Waals surface area contributed by atoms with E-state index in [9.17, 15) is 4.79 Å². The molecular weight excluding hydrogens is 268 g/mol. The van der Waals surface area contributed by atoms with Crippen molar-refractivity contribution in [3.63, 3.8) is 0 Å². The lowest BCUT2D eigenvalue weighted by Gasteiger charge is -2.30. The largest absolute Gasteiger partial charge is 0.497 e. The van der Waals surface area contributed by atoms with Gasteiger partial charge in [0.2, 0.25) is 0 Å². The van der Waals surface area contributed by atoms with Gasteiger partial charge in [0.05, 0.1) is 13.7 Å². The first-order chi connectivity index (χ1) is 9.93. The zero-order valence-electron chi connectivity index (χ0n) is 13.6. The number of likely N-dealkylation sites (N-methyl/N-ethyl adjacent to an activating group) is 1. The predicted octanol–water partition coefficient (Wildman–Crippen LogP) is 1.62. The molecule has 1 N–H and O–H groups in total. The van der Waals surface area contributed by atoms with Crippen LogP contribution in [0.2, 0.25) is 0 Å². The maximum Gasteiger partial charge on any atom is 0.330 e. The molecule has 0 saturated heterocycles. The minimum absolute atomic E-state index is 0.281. The third-order valence-electron chi connectivity index (χ3n) is 3.37. The molecule has 1 aromatic carbocycles. The molecule has 0 saturated carbocycles. The minimum atomic E-state index is -0.888. The fourth-order valence-electron chi connectivity index (χ4n) is 2.03. The Bertz CT molecular complexity index is 463. The van der Waals surface area contributed by atoms with Crippen LogP contribution in [0.3, 0.4) is 0 Å². The highest BCUT2D eigenvalue weighted by atomic mass is 16.5. The molecule has 5 nitrogen and oxygen atoms in total. The van der Waals surface area contributed by atoms with Crippen molar-refractivity contribution in [3.8, 4) is 5.75 Å². The van der Waals surface area contributed by atoms with Crippen LogP contribution in [-0.4, -0.2) is 51.8 Å². The number of hydrogen-bond donors (Lipinski definition) is 1. The lowest BCUT2D eigenvalue weighted by atomic mass is 9.91. The predicted molar refractivity (Wildman–Crippen MR) is 83.5 cm³/mol. The first kappa shape index (κ1) is 17.5. The normalized spacial score (nSPS) is 13.8. The number of nitrogens with one attached hydrogen (secondary N) is 1. The van der Waals surface area contributed by atoms with Crippen molar-refractivity contribution in [3.05, 3.63) is 29.8 Å². The van der Waals surface area contributed by atoms with Crippen molar-refractivity contribution in [1.82, 2.24) is 10.2 Å². The number of rotatable bonds is 8. The van der Waals surface area contributed by atoms with Gasteiger partial charge in [-0.05, 0) is 45.6 Å². The number of methoxy groups -OCH3 is 1. The van der Waals surface area contributed by atoms with E-state index in [0.717, 1.165) is 17.9 Å². The molecule has 0 spiro atoms. The molecule has 0 bridgehead atoms. The lowest BCUT2D eigenvalue weighted by Crippen LogP contribution is -2.49. The molecule has 0 heterocycles.